The molecular formula is C19H19N3O4. The van der Waals surface area contributed by atoms with Gasteiger partial charge >= 0.3 is 6.03 Å². The smallest absolute Gasteiger partial charge is 0.319 e. The lowest BCUT2D eigenvalue weighted by Gasteiger charge is -2.25. The number of benzene rings is 1. The van der Waals surface area contributed by atoms with Crippen molar-refractivity contribution in [3.05, 3.63) is 65.3 Å². The van der Waals surface area contributed by atoms with Crippen LogP contribution in [0.4, 0.5) is 4.79 Å². The van der Waals surface area contributed by atoms with E-state index in [1.165, 1.54) is 0 Å². The van der Waals surface area contributed by atoms with Crippen LogP contribution in [-0.2, 0) is 11.3 Å². The van der Waals surface area contributed by atoms with E-state index in [1.807, 2.05) is 37.3 Å². The summed E-state index contributed by atoms with van der Waals surface area (Å²) in [6.45, 7) is 3.22. The van der Waals surface area contributed by atoms with Crippen LogP contribution in [0.5, 0.6) is 5.75 Å². The van der Waals surface area contributed by atoms with Crippen LogP contribution in [0.3, 0.4) is 0 Å². The first-order valence-electron chi connectivity index (χ1n) is 8.50. The van der Waals surface area contributed by atoms with E-state index >= 15 is 0 Å². The van der Waals surface area contributed by atoms with Crippen LogP contribution >= 0.6 is 0 Å². The average molecular weight is 353 g/mol. The van der Waals surface area contributed by atoms with Crippen molar-refractivity contribution in [3.8, 4) is 5.75 Å². The summed E-state index contributed by atoms with van der Waals surface area (Å²) in [5.74, 6) is 1.35. The summed E-state index contributed by atoms with van der Waals surface area (Å²) in [6.07, 6.45) is 1.58. The Morgan fingerprint density at radius 2 is 2.04 bits per heavy atom. The molecule has 0 bridgehead atoms. The van der Waals surface area contributed by atoms with Crippen LogP contribution < -0.4 is 15.4 Å². The van der Waals surface area contributed by atoms with Crippen LogP contribution in [0.25, 0.3) is 0 Å². The first kappa shape index (κ1) is 16.3. The Balaban J connectivity index is 1.60. The number of amides is 3. The molecule has 2 aromatic rings. The highest BCUT2D eigenvalue weighted by Gasteiger charge is 2.40. The van der Waals surface area contributed by atoms with Gasteiger partial charge in [-0.15, -0.1) is 0 Å². The van der Waals surface area contributed by atoms with Crippen LogP contribution in [0.1, 0.15) is 24.3 Å². The largest absolute Gasteiger partial charge is 0.494 e. The fourth-order valence-corrected chi connectivity index (χ4v) is 3.32. The Morgan fingerprint density at radius 3 is 2.73 bits per heavy atom. The number of rotatable bonds is 5. The first-order chi connectivity index (χ1) is 12.7. The van der Waals surface area contributed by atoms with E-state index in [0.717, 1.165) is 11.3 Å². The highest BCUT2D eigenvalue weighted by molar-refractivity contribution is 6.01. The van der Waals surface area contributed by atoms with E-state index in [0.29, 0.717) is 36.7 Å². The number of carbonyl (C=O) groups is 2. The molecule has 0 unspecified atom stereocenters. The Labute approximate surface area is 150 Å². The summed E-state index contributed by atoms with van der Waals surface area (Å²) < 4.78 is 10.8. The van der Waals surface area contributed by atoms with E-state index in [9.17, 15) is 9.59 Å². The molecule has 0 saturated heterocycles. The predicted octanol–water partition coefficient (Wildman–Crippen LogP) is 2.33. The van der Waals surface area contributed by atoms with Gasteiger partial charge in [0, 0.05) is 0 Å². The molecule has 26 heavy (non-hydrogen) atoms. The normalized spacial score (nSPS) is 19.3. The molecule has 0 radical (unpaired) electrons. The van der Waals surface area contributed by atoms with Gasteiger partial charge in [0.05, 0.1) is 43.3 Å². The predicted molar refractivity (Wildman–Crippen MR) is 93.2 cm³/mol. The maximum Gasteiger partial charge on any atom is 0.319 e. The molecule has 1 aromatic heterocycles. The van der Waals surface area contributed by atoms with Gasteiger partial charge < -0.3 is 24.7 Å². The maximum atomic E-state index is 12.9. The zero-order valence-electron chi connectivity index (χ0n) is 14.3. The third-order valence-electron chi connectivity index (χ3n) is 4.47. The topological polar surface area (TPSA) is 83.8 Å². The molecule has 1 atom stereocenters. The van der Waals surface area contributed by atoms with Gasteiger partial charge in [0.25, 0.3) is 5.91 Å². The minimum absolute atomic E-state index is 0.109. The molecule has 1 aromatic carbocycles. The standard InChI is InChI=1S/C19H19N3O4/c1-2-25-13-7-5-12(6-8-13)17-16-15(20-19(24)21-17)11-22(18(16)23)10-14-4-3-9-26-14/h3-9,17H,2,10-11H2,1H3,(H2,20,21,24)/t17-/m0/s1. The Hall–Kier alpha value is -3.22. The average Bonchev–Trinajstić information content (AvgIpc) is 3.24. The lowest BCUT2D eigenvalue weighted by molar-refractivity contribution is -0.126. The number of nitrogens with one attached hydrogen (secondary N) is 2. The number of ether oxygens (including phenoxy) is 1. The number of furan rings is 1. The van der Waals surface area contributed by atoms with Gasteiger partial charge in [-0.2, -0.15) is 0 Å². The van der Waals surface area contributed by atoms with Crippen LogP contribution in [0, 0.1) is 0 Å². The Kier molecular flexibility index (Phi) is 4.12. The molecule has 2 aliphatic heterocycles. The third kappa shape index (κ3) is 2.92. The van der Waals surface area contributed by atoms with Gasteiger partial charge in [0.15, 0.2) is 0 Å². The van der Waals surface area contributed by atoms with Crippen LogP contribution in [-0.4, -0.2) is 30.0 Å². The Morgan fingerprint density at radius 1 is 1.23 bits per heavy atom. The summed E-state index contributed by atoms with van der Waals surface area (Å²) in [7, 11) is 0. The summed E-state index contributed by atoms with van der Waals surface area (Å²) in [5.41, 5.74) is 2.05. The highest BCUT2D eigenvalue weighted by Crippen LogP contribution is 2.33. The van der Waals surface area contributed by atoms with Crippen molar-refractivity contribution in [2.75, 3.05) is 13.2 Å². The molecule has 7 nitrogen and oxygen atoms in total. The second kappa shape index (κ2) is 6.59. The summed E-state index contributed by atoms with van der Waals surface area (Å²) in [6, 6.07) is 10.2. The summed E-state index contributed by atoms with van der Waals surface area (Å²) in [4.78, 5) is 26.7. The molecule has 4 rings (SSSR count). The molecule has 7 heteroatoms. The third-order valence-corrected chi connectivity index (χ3v) is 4.47. The van der Waals surface area contributed by atoms with Crippen molar-refractivity contribution in [1.29, 1.82) is 0 Å². The fraction of sp³-hybridized carbons (Fsp3) is 0.263. The number of urea groups is 1. The van der Waals surface area contributed by atoms with Gasteiger partial charge in [-0.3, -0.25) is 4.79 Å². The van der Waals surface area contributed by atoms with Crippen LogP contribution in [0.2, 0.25) is 0 Å². The van der Waals surface area contributed by atoms with Crippen molar-refractivity contribution in [1.82, 2.24) is 15.5 Å². The van der Waals surface area contributed by atoms with Crippen molar-refractivity contribution < 1.29 is 18.7 Å². The Bertz CT molecular complexity index is 855. The first-order valence-corrected chi connectivity index (χ1v) is 8.50. The van der Waals surface area contributed by atoms with E-state index in [1.54, 1.807) is 17.2 Å². The van der Waals surface area contributed by atoms with Crippen molar-refractivity contribution in [2.45, 2.75) is 19.5 Å². The summed E-state index contributed by atoms with van der Waals surface area (Å²) >= 11 is 0. The van der Waals surface area contributed by atoms with Crippen molar-refractivity contribution >= 4 is 11.9 Å². The number of nitrogens with zero attached hydrogens (tertiary/aromatic N) is 1. The molecule has 0 fully saturated rings. The summed E-state index contributed by atoms with van der Waals surface area (Å²) in [5, 5.41) is 5.61. The minimum atomic E-state index is -0.483. The van der Waals surface area contributed by atoms with Gasteiger partial charge in [0.1, 0.15) is 11.5 Å². The van der Waals surface area contributed by atoms with Gasteiger partial charge in [-0.1, -0.05) is 12.1 Å². The highest BCUT2D eigenvalue weighted by atomic mass is 16.5. The maximum absolute atomic E-state index is 12.9. The van der Waals surface area contributed by atoms with E-state index in [2.05, 4.69) is 10.6 Å². The molecule has 3 heterocycles. The van der Waals surface area contributed by atoms with Gasteiger partial charge in [-0.25, -0.2) is 4.79 Å². The van der Waals surface area contributed by atoms with Gasteiger partial charge in [0.2, 0.25) is 0 Å². The lowest BCUT2D eigenvalue weighted by Crippen LogP contribution is -2.44. The second-order valence-electron chi connectivity index (χ2n) is 6.17. The molecule has 0 aliphatic carbocycles. The molecule has 0 saturated carbocycles. The molecular weight excluding hydrogens is 334 g/mol. The molecule has 134 valence electrons. The molecule has 2 aliphatic rings. The number of hydrogen-bond acceptors (Lipinski definition) is 4. The molecule has 0 spiro atoms. The van der Waals surface area contributed by atoms with E-state index < -0.39 is 6.04 Å². The van der Waals surface area contributed by atoms with Crippen molar-refractivity contribution in [2.24, 2.45) is 0 Å². The fourth-order valence-electron chi connectivity index (χ4n) is 3.32. The monoisotopic (exact) mass is 353 g/mol. The molecule has 2 N–H and O–H groups in total. The SMILES string of the molecule is CCOc1ccc([C@@H]2NC(=O)NC3=C2C(=O)N(Cc2ccco2)C3)cc1. The second-order valence-corrected chi connectivity index (χ2v) is 6.17. The van der Waals surface area contributed by atoms with E-state index in [-0.39, 0.29) is 11.9 Å². The minimum Gasteiger partial charge on any atom is -0.494 e. The van der Waals surface area contributed by atoms with Crippen LogP contribution in [0.15, 0.2) is 58.3 Å². The van der Waals surface area contributed by atoms with Crippen molar-refractivity contribution in [3.63, 3.8) is 0 Å². The zero-order chi connectivity index (χ0) is 18.1. The number of carbonyl (C=O) groups excluding carboxylic acids is 2. The van der Waals surface area contributed by atoms with Gasteiger partial charge in [-0.05, 0) is 36.8 Å². The quantitative estimate of drug-likeness (QED) is 0.864. The van der Waals surface area contributed by atoms with E-state index in [4.69, 9.17) is 9.15 Å². The lowest BCUT2D eigenvalue weighted by atomic mass is 9.96. The molecule has 3 amide bonds. The number of hydrogen-bond donors (Lipinski definition) is 2. The zero-order valence-corrected chi connectivity index (χ0v) is 14.3.